The van der Waals surface area contributed by atoms with E-state index in [1.165, 1.54) is 0 Å². The molecule has 0 saturated carbocycles. The fraction of sp³-hybridized carbons (Fsp3) is 1.00. The summed E-state index contributed by atoms with van der Waals surface area (Å²) in [5.41, 5.74) is 0. The molecule has 0 aromatic carbocycles. The molecule has 0 fully saturated rings. The Balaban J connectivity index is 3.91. The highest BCUT2D eigenvalue weighted by atomic mass is 31.2. The molecule has 0 aliphatic heterocycles. The minimum atomic E-state index is -3.22. The number of hydrogen-bond acceptors (Lipinski definition) is 4. The summed E-state index contributed by atoms with van der Waals surface area (Å²) in [5, 5.41) is 31.4. The fourth-order valence-corrected chi connectivity index (χ4v) is 1.40. The summed E-state index contributed by atoms with van der Waals surface area (Å²) in [5.74, 6) is 0. The third-order valence-corrected chi connectivity index (χ3v) is 2.64. The highest BCUT2D eigenvalue weighted by Gasteiger charge is 2.17. The van der Waals surface area contributed by atoms with E-state index in [9.17, 15) is 4.57 Å². The van der Waals surface area contributed by atoms with Crippen LogP contribution in [0.3, 0.4) is 0 Å². The largest absolute Gasteiger partial charge is 0.381 e. The van der Waals surface area contributed by atoms with Crippen LogP contribution >= 0.6 is 7.59 Å². The highest BCUT2D eigenvalue weighted by molar-refractivity contribution is 7.57. The lowest BCUT2D eigenvalue weighted by atomic mass is 11.4. The highest BCUT2D eigenvalue weighted by Crippen LogP contribution is 2.27. The molecule has 0 aromatic heterocycles. The molecule has 0 aliphatic carbocycles. The Morgan fingerprint density at radius 1 is 0.909 bits per heavy atom. The van der Waals surface area contributed by atoms with Crippen molar-refractivity contribution in [1.29, 1.82) is 0 Å². The number of nitrogens with one attached hydrogen (secondary N) is 3. The van der Waals surface area contributed by atoms with Crippen molar-refractivity contribution >= 4 is 7.59 Å². The van der Waals surface area contributed by atoms with Crippen LogP contribution in [0.4, 0.5) is 0 Å². The molecule has 0 spiro atoms. The van der Waals surface area contributed by atoms with E-state index in [4.69, 9.17) is 15.3 Å². The molecule has 0 heterocycles. The van der Waals surface area contributed by atoms with E-state index in [1.54, 1.807) is 0 Å². The van der Waals surface area contributed by atoms with Crippen molar-refractivity contribution < 1.29 is 19.9 Å². The SMILES string of the molecule is O=P(NCO)(NCO)NCO. The smallest absolute Gasteiger partial charge is 0.284 e. The van der Waals surface area contributed by atoms with Crippen LogP contribution in [0.5, 0.6) is 0 Å². The van der Waals surface area contributed by atoms with E-state index in [2.05, 4.69) is 15.3 Å². The summed E-state index contributed by atoms with van der Waals surface area (Å²) in [7, 11) is -3.22. The summed E-state index contributed by atoms with van der Waals surface area (Å²) in [6.07, 6.45) is 0. The second kappa shape index (κ2) is 5.62. The molecule has 0 bridgehead atoms. The molecule has 0 aromatic rings. The first-order valence-corrected chi connectivity index (χ1v) is 4.57. The van der Waals surface area contributed by atoms with E-state index in [0.29, 0.717) is 0 Å². The maximum Gasteiger partial charge on any atom is 0.284 e. The van der Waals surface area contributed by atoms with E-state index >= 15 is 0 Å². The second-order valence-electron chi connectivity index (χ2n) is 1.56. The molecule has 0 unspecified atom stereocenters. The Kier molecular flexibility index (Phi) is 5.61. The van der Waals surface area contributed by atoms with E-state index < -0.39 is 27.8 Å². The Morgan fingerprint density at radius 3 is 1.36 bits per heavy atom. The number of aliphatic hydroxyl groups is 3. The van der Waals surface area contributed by atoms with E-state index in [0.717, 1.165) is 0 Å². The monoisotopic (exact) mass is 185 g/mol. The standard InChI is InChI=1S/C3H12N3O4P/c7-1-4-11(10,5-2-8)6-3-9/h7-9H,1-3H2,(H3,4,5,6,10). The molecule has 0 radical (unpaired) electrons. The molecule has 0 saturated heterocycles. The van der Waals surface area contributed by atoms with Crippen molar-refractivity contribution in [2.24, 2.45) is 0 Å². The fourth-order valence-electron chi connectivity index (χ4n) is 0.466. The van der Waals surface area contributed by atoms with Gasteiger partial charge in [-0.05, 0) is 0 Å². The third kappa shape index (κ3) is 4.44. The van der Waals surface area contributed by atoms with E-state index in [-0.39, 0.29) is 0 Å². The first-order valence-electron chi connectivity index (χ1n) is 2.86. The van der Waals surface area contributed by atoms with Gasteiger partial charge in [-0.25, -0.2) is 15.3 Å². The van der Waals surface area contributed by atoms with Crippen molar-refractivity contribution in [3.8, 4) is 0 Å². The minimum absolute atomic E-state index is 0.517. The van der Waals surface area contributed by atoms with Gasteiger partial charge in [-0.2, -0.15) is 0 Å². The summed E-state index contributed by atoms with van der Waals surface area (Å²) >= 11 is 0. The summed E-state index contributed by atoms with van der Waals surface area (Å²) in [4.78, 5) is 0. The molecule has 8 heteroatoms. The molecular weight excluding hydrogens is 173 g/mol. The summed E-state index contributed by atoms with van der Waals surface area (Å²) < 4.78 is 11.2. The number of hydrogen-bond donors (Lipinski definition) is 6. The first-order chi connectivity index (χ1) is 5.18. The Labute approximate surface area is 64.0 Å². The quantitative estimate of drug-likeness (QED) is 0.204. The maximum absolute atomic E-state index is 11.2. The summed E-state index contributed by atoms with van der Waals surface area (Å²) in [6, 6.07) is 0. The van der Waals surface area contributed by atoms with Gasteiger partial charge in [-0.1, -0.05) is 0 Å². The average molecular weight is 185 g/mol. The maximum atomic E-state index is 11.2. The van der Waals surface area contributed by atoms with Crippen LogP contribution in [-0.4, -0.2) is 35.5 Å². The van der Waals surface area contributed by atoms with Crippen LogP contribution in [0.15, 0.2) is 0 Å². The van der Waals surface area contributed by atoms with Crippen LogP contribution in [0.1, 0.15) is 0 Å². The molecule has 0 aliphatic rings. The zero-order chi connectivity index (χ0) is 8.74. The van der Waals surface area contributed by atoms with Gasteiger partial charge in [0, 0.05) is 0 Å². The van der Waals surface area contributed by atoms with Gasteiger partial charge in [0.05, 0.1) is 0 Å². The molecule has 0 amide bonds. The number of rotatable bonds is 6. The Bertz CT molecular complexity index is 119. The van der Waals surface area contributed by atoms with Gasteiger partial charge in [0.2, 0.25) is 0 Å². The van der Waals surface area contributed by atoms with Gasteiger partial charge in [-0.15, -0.1) is 0 Å². The zero-order valence-corrected chi connectivity index (χ0v) is 6.71. The van der Waals surface area contributed by atoms with Gasteiger partial charge >= 0.3 is 0 Å². The normalized spacial score (nSPS) is 11.9. The zero-order valence-electron chi connectivity index (χ0n) is 5.82. The second-order valence-corrected chi connectivity index (χ2v) is 3.73. The minimum Gasteiger partial charge on any atom is -0.381 e. The van der Waals surface area contributed by atoms with Crippen LogP contribution in [0.25, 0.3) is 0 Å². The lowest BCUT2D eigenvalue weighted by Gasteiger charge is -2.17. The van der Waals surface area contributed by atoms with Crippen LogP contribution in [0.2, 0.25) is 0 Å². The summed E-state index contributed by atoms with van der Waals surface area (Å²) in [6.45, 7) is -1.55. The predicted octanol–water partition coefficient (Wildman–Crippen LogP) is -2.29. The van der Waals surface area contributed by atoms with Gasteiger partial charge in [0.25, 0.3) is 7.59 Å². The van der Waals surface area contributed by atoms with Crippen molar-refractivity contribution in [2.75, 3.05) is 20.2 Å². The lowest BCUT2D eigenvalue weighted by molar-refractivity contribution is 0.259. The van der Waals surface area contributed by atoms with Crippen LogP contribution in [0, 0.1) is 0 Å². The molecule has 6 N–H and O–H groups in total. The molecule has 0 atom stereocenters. The van der Waals surface area contributed by atoms with Crippen molar-refractivity contribution in [3.05, 3.63) is 0 Å². The lowest BCUT2D eigenvalue weighted by Crippen LogP contribution is -2.33. The topological polar surface area (TPSA) is 114 Å². The van der Waals surface area contributed by atoms with Gasteiger partial charge in [0.15, 0.2) is 0 Å². The van der Waals surface area contributed by atoms with Gasteiger partial charge in [0.1, 0.15) is 20.2 Å². The molecule has 11 heavy (non-hydrogen) atoms. The molecule has 0 rings (SSSR count). The molecule has 7 nitrogen and oxygen atoms in total. The Morgan fingerprint density at radius 2 is 1.18 bits per heavy atom. The van der Waals surface area contributed by atoms with E-state index in [1.807, 2.05) is 0 Å². The number of aliphatic hydroxyl groups excluding tert-OH is 3. The van der Waals surface area contributed by atoms with Crippen molar-refractivity contribution in [1.82, 2.24) is 15.3 Å². The van der Waals surface area contributed by atoms with Crippen molar-refractivity contribution in [2.45, 2.75) is 0 Å². The predicted molar refractivity (Wildman–Crippen MR) is 38.3 cm³/mol. The molecular formula is C3H12N3O4P. The van der Waals surface area contributed by atoms with Crippen LogP contribution < -0.4 is 15.3 Å². The first kappa shape index (κ1) is 11.0. The Hall–Kier alpha value is -0.0100. The van der Waals surface area contributed by atoms with Crippen molar-refractivity contribution in [3.63, 3.8) is 0 Å². The van der Waals surface area contributed by atoms with Gasteiger partial charge < -0.3 is 15.3 Å². The van der Waals surface area contributed by atoms with Crippen LogP contribution in [-0.2, 0) is 4.57 Å². The average Bonchev–Trinajstić information content (AvgIpc) is 1.88. The molecule has 68 valence electrons. The van der Waals surface area contributed by atoms with Gasteiger partial charge in [-0.3, -0.25) is 4.57 Å². The third-order valence-electron chi connectivity index (χ3n) is 0.880.